The van der Waals surface area contributed by atoms with Gasteiger partial charge < -0.3 is 14.4 Å². The largest absolute Gasteiger partial charge is 0.490 e. The van der Waals surface area contributed by atoms with E-state index < -0.39 is 0 Å². The SMILES string of the molecule is O=C(CSc1nccn1-c1cccc(F)c1)N1CCCC1c1ccc2c(c1)OCCCO2. The van der Waals surface area contributed by atoms with Crippen molar-refractivity contribution in [1.29, 1.82) is 0 Å². The van der Waals surface area contributed by atoms with Gasteiger partial charge in [0.2, 0.25) is 5.91 Å². The molecule has 1 saturated heterocycles. The molecule has 5 rings (SSSR count). The maximum Gasteiger partial charge on any atom is 0.233 e. The van der Waals surface area contributed by atoms with Gasteiger partial charge in [0.05, 0.1) is 30.7 Å². The molecule has 3 heterocycles. The van der Waals surface area contributed by atoms with E-state index >= 15 is 0 Å². The molecule has 1 aromatic heterocycles. The monoisotopic (exact) mass is 453 g/mol. The highest BCUT2D eigenvalue weighted by atomic mass is 32.2. The molecule has 0 bridgehead atoms. The van der Waals surface area contributed by atoms with Crippen LogP contribution >= 0.6 is 11.8 Å². The number of halogens is 1. The van der Waals surface area contributed by atoms with Crippen molar-refractivity contribution in [1.82, 2.24) is 14.5 Å². The second-order valence-electron chi connectivity index (χ2n) is 7.85. The van der Waals surface area contributed by atoms with E-state index in [1.807, 2.05) is 29.2 Å². The van der Waals surface area contributed by atoms with Gasteiger partial charge in [-0.25, -0.2) is 9.37 Å². The van der Waals surface area contributed by atoms with Gasteiger partial charge >= 0.3 is 0 Å². The van der Waals surface area contributed by atoms with Gasteiger partial charge in [0, 0.05) is 25.4 Å². The third-order valence-electron chi connectivity index (χ3n) is 5.75. The minimum Gasteiger partial charge on any atom is -0.490 e. The molecule has 166 valence electrons. The number of benzene rings is 2. The number of likely N-dealkylation sites (tertiary alicyclic amines) is 1. The number of nitrogens with zero attached hydrogens (tertiary/aromatic N) is 3. The van der Waals surface area contributed by atoms with Gasteiger partial charge in [-0.3, -0.25) is 9.36 Å². The molecule has 1 amide bonds. The lowest BCUT2D eigenvalue weighted by molar-refractivity contribution is -0.129. The molecule has 3 aromatic rings. The maximum absolute atomic E-state index is 13.6. The lowest BCUT2D eigenvalue weighted by atomic mass is 10.0. The minimum absolute atomic E-state index is 0.0308. The lowest BCUT2D eigenvalue weighted by Crippen LogP contribution is -2.32. The standard InChI is InChI=1S/C24H24FN3O3S/c25-18-4-1-5-19(15-18)27-11-9-26-24(27)32-16-23(29)28-10-2-6-20(28)17-7-8-21-22(14-17)31-13-3-12-30-21/h1,4-5,7-9,11,14-15,20H,2-3,6,10,12-13,16H2. The second-order valence-corrected chi connectivity index (χ2v) is 8.79. The summed E-state index contributed by atoms with van der Waals surface area (Å²) in [6.07, 6.45) is 6.19. The van der Waals surface area contributed by atoms with E-state index in [0.29, 0.717) is 24.1 Å². The Bertz CT molecular complexity index is 1120. The van der Waals surface area contributed by atoms with Gasteiger partial charge in [-0.15, -0.1) is 0 Å². The molecule has 1 atom stereocenters. The zero-order valence-corrected chi connectivity index (χ0v) is 18.4. The molecule has 1 fully saturated rings. The number of imidazole rings is 1. The summed E-state index contributed by atoms with van der Waals surface area (Å²) in [5.41, 5.74) is 1.76. The Hall–Kier alpha value is -3.00. The van der Waals surface area contributed by atoms with E-state index in [9.17, 15) is 9.18 Å². The number of ether oxygens (including phenoxy) is 2. The summed E-state index contributed by atoms with van der Waals surface area (Å²) < 4.78 is 27.0. The number of carbonyl (C=O) groups is 1. The highest BCUT2D eigenvalue weighted by Gasteiger charge is 2.31. The summed E-state index contributed by atoms with van der Waals surface area (Å²) in [6, 6.07) is 12.4. The van der Waals surface area contributed by atoms with Crippen LogP contribution in [0.3, 0.4) is 0 Å². The van der Waals surface area contributed by atoms with Crippen LogP contribution in [-0.4, -0.2) is 45.9 Å². The number of hydrogen-bond acceptors (Lipinski definition) is 5. The van der Waals surface area contributed by atoms with E-state index in [1.54, 1.807) is 23.0 Å². The molecular formula is C24H24FN3O3S. The van der Waals surface area contributed by atoms with E-state index in [-0.39, 0.29) is 23.5 Å². The molecular weight excluding hydrogens is 429 g/mol. The van der Waals surface area contributed by atoms with Crippen LogP contribution in [-0.2, 0) is 4.79 Å². The molecule has 0 N–H and O–H groups in total. The van der Waals surface area contributed by atoms with Gasteiger partial charge in [0.1, 0.15) is 5.82 Å². The normalized spacial score (nSPS) is 17.9. The molecule has 1 unspecified atom stereocenters. The Morgan fingerprint density at radius 2 is 2.00 bits per heavy atom. The van der Waals surface area contributed by atoms with Crippen LogP contribution in [0, 0.1) is 5.82 Å². The van der Waals surface area contributed by atoms with Gasteiger partial charge in [-0.2, -0.15) is 0 Å². The predicted octanol–water partition coefficient (Wildman–Crippen LogP) is 4.63. The second kappa shape index (κ2) is 9.24. The summed E-state index contributed by atoms with van der Waals surface area (Å²) in [6.45, 7) is 2.03. The van der Waals surface area contributed by atoms with Crippen molar-refractivity contribution in [3.05, 3.63) is 66.2 Å². The first-order valence-corrected chi connectivity index (χ1v) is 11.8. The van der Waals surface area contributed by atoms with Crippen molar-refractivity contribution in [2.75, 3.05) is 25.5 Å². The Morgan fingerprint density at radius 1 is 1.12 bits per heavy atom. The molecule has 6 nitrogen and oxygen atoms in total. The lowest BCUT2D eigenvalue weighted by Gasteiger charge is -2.25. The van der Waals surface area contributed by atoms with Crippen LogP contribution < -0.4 is 9.47 Å². The van der Waals surface area contributed by atoms with E-state index in [4.69, 9.17) is 9.47 Å². The Morgan fingerprint density at radius 3 is 2.88 bits per heavy atom. The fraction of sp³-hybridized carbons (Fsp3) is 0.333. The maximum atomic E-state index is 13.6. The number of aromatic nitrogens is 2. The van der Waals surface area contributed by atoms with Crippen LogP contribution in [0.2, 0.25) is 0 Å². The Labute approximate surface area is 190 Å². The fourth-order valence-corrected chi connectivity index (χ4v) is 5.09. The molecule has 0 spiro atoms. The van der Waals surface area contributed by atoms with E-state index in [1.165, 1.54) is 23.9 Å². The fourth-order valence-electron chi connectivity index (χ4n) is 4.23. The van der Waals surface area contributed by atoms with Gasteiger partial charge in [0.15, 0.2) is 16.7 Å². The zero-order valence-electron chi connectivity index (χ0n) is 17.6. The Kier molecular flexibility index (Phi) is 6.03. The van der Waals surface area contributed by atoms with Crippen LogP contribution in [0.25, 0.3) is 5.69 Å². The predicted molar refractivity (Wildman–Crippen MR) is 120 cm³/mol. The van der Waals surface area contributed by atoms with Crippen molar-refractivity contribution >= 4 is 17.7 Å². The number of amides is 1. The van der Waals surface area contributed by atoms with E-state index in [2.05, 4.69) is 4.98 Å². The summed E-state index contributed by atoms with van der Waals surface area (Å²) in [5, 5.41) is 0.662. The summed E-state index contributed by atoms with van der Waals surface area (Å²) in [4.78, 5) is 19.4. The highest BCUT2D eigenvalue weighted by Crippen LogP contribution is 2.38. The molecule has 8 heteroatoms. The molecule has 0 saturated carbocycles. The van der Waals surface area contributed by atoms with Gasteiger partial charge in [-0.05, 0) is 48.7 Å². The average molecular weight is 454 g/mol. The molecule has 32 heavy (non-hydrogen) atoms. The zero-order chi connectivity index (χ0) is 21.9. The molecule has 2 aliphatic heterocycles. The third kappa shape index (κ3) is 4.32. The third-order valence-corrected chi connectivity index (χ3v) is 6.70. The van der Waals surface area contributed by atoms with Crippen molar-refractivity contribution in [2.24, 2.45) is 0 Å². The first-order chi connectivity index (χ1) is 15.7. The number of fused-ring (bicyclic) bond motifs is 1. The number of rotatable bonds is 5. The Balaban J connectivity index is 1.28. The molecule has 0 radical (unpaired) electrons. The molecule has 2 aliphatic rings. The van der Waals surface area contributed by atoms with Crippen molar-refractivity contribution < 1.29 is 18.7 Å². The quantitative estimate of drug-likeness (QED) is 0.528. The van der Waals surface area contributed by atoms with Crippen LogP contribution in [0.4, 0.5) is 4.39 Å². The van der Waals surface area contributed by atoms with Crippen LogP contribution in [0.5, 0.6) is 11.5 Å². The average Bonchev–Trinajstić information content (AvgIpc) is 3.42. The van der Waals surface area contributed by atoms with Crippen molar-refractivity contribution in [3.63, 3.8) is 0 Å². The number of carbonyl (C=O) groups excluding carboxylic acids is 1. The number of thioether (sulfide) groups is 1. The topological polar surface area (TPSA) is 56.6 Å². The first-order valence-electron chi connectivity index (χ1n) is 10.8. The summed E-state index contributed by atoms with van der Waals surface area (Å²) >= 11 is 1.37. The summed E-state index contributed by atoms with van der Waals surface area (Å²) in [5.74, 6) is 1.55. The highest BCUT2D eigenvalue weighted by molar-refractivity contribution is 7.99. The van der Waals surface area contributed by atoms with Gasteiger partial charge in [0.25, 0.3) is 0 Å². The summed E-state index contributed by atoms with van der Waals surface area (Å²) in [7, 11) is 0. The molecule has 0 aliphatic carbocycles. The molecule has 2 aromatic carbocycles. The first kappa shape index (κ1) is 20.9. The minimum atomic E-state index is -0.307. The van der Waals surface area contributed by atoms with Crippen LogP contribution in [0.1, 0.15) is 30.9 Å². The van der Waals surface area contributed by atoms with Crippen molar-refractivity contribution in [2.45, 2.75) is 30.5 Å². The smallest absolute Gasteiger partial charge is 0.233 e. The van der Waals surface area contributed by atoms with Gasteiger partial charge in [-0.1, -0.05) is 23.9 Å². The van der Waals surface area contributed by atoms with Crippen LogP contribution in [0.15, 0.2) is 60.0 Å². The van der Waals surface area contributed by atoms with Crippen molar-refractivity contribution in [3.8, 4) is 17.2 Å². The van der Waals surface area contributed by atoms with E-state index in [0.717, 1.165) is 42.9 Å². The number of hydrogen-bond donors (Lipinski definition) is 0.